The second kappa shape index (κ2) is 12.6. The number of sulfonamides is 1. The number of aliphatic hydroxyl groups is 1. The molecule has 9 nitrogen and oxygen atoms in total. The van der Waals surface area contributed by atoms with E-state index in [1.165, 1.54) is 6.20 Å². The molecule has 0 radical (unpaired) electrons. The quantitative estimate of drug-likeness (QED) is 0.169. The number of carbonyl (C=O) groups is 1. The average Bonchev–Trinajstić information content (AvgIpc) is 3.72. The molecule has 0 saturated heterocycles. The van der Waals surface area contributed by atoms with E-state index in [0.717, 1.165) is 22.5 Å². The number of hydrogen-bond acceptors (Lipinski definition) is 7. The molecule has 1 amide bonds. The van der Waals surface area contributed by atoms with Crippen LogP contribution in [0.2, 0.25) is 0 Å². The molecular weight excluding hydrogens is 645 g/mol. The maximum absolute atomic E-state index is 15.5. The molecule has 4 N–H and O–H groups in total. The molecule has 13 heteroatoms. The first-order chi connectivity index (χ1) is 18.6. The van der Waals surface area contributed by atoms with Crippen LogP contribution in [0.1, 0.15) is 40.0 Å². The number of amides is 1. The molecule has 1 fully saturated rings. The number of halogens is 3. The highest BCUT2D eigenvalue weighted by molar-refractivity contribution is 14.1. The number of hydroxylamine groups is 1. The summed E-state index contributed by atoms with van der Waals surface area (Å²) in [6.07, 6.45) is 3.61. The van der Waals surface area contributed by atoms with E-state index in [4.69, 9.17) is 4.84 Å². The molecule has 1 heterocycles. The molecule has 1 aliphatic rings. The van der Waals surface area contributed by atoms with Gasteiger partial charge in [-0.1, -0.05) is 6.07 Å². The number of aryl methyl sites for hydroxylation is 1. The van der Waals surface area contributed by atoms with Crippen LogP contribution in [0.5, 0.6) is 0 Å². The van der Waals surface area contributed by atoms with E-state index in [9.17, 15) is 18.3 Å². The van der Waals surface area contributed by atoms with E-state index in [0.29, 0.717) is 28.4 Å². The van der Waals surface area contributed by atoms with E-state index >= 15 is 8.78 Å². The normalized spacial score (nSPS) is 13.4. The SMILES string of the molecule is Cc1cc(I)ccc1Nc1c(C(=O)NOCC2CC2)cc(S(=O)(=O)NCc2cccnc2CCO)c(F)c1F. The lowest BCUT2D eigenvalue weighted by Gasteiger charge is -2.18. The number of aromatic nitrogens is 1. The number of benzene rings is 2. The molecule has 1 saturated carbocycles. The first kappa shape index (κ1) is 29.3. The number of aliphatic hydroxyl groups excluding tert-OH is 1. The van der Waals surface area contributed by atoms with E-state index in [1.54, 1.807) is 31.2 Å². The summed E-state index contributed by atoms with van der Waals surface area (Å²) in [6.45, 7) is 1.51. The zero-order valence-electron chi connectivity index (χ0n) is 20.9. The number of anilines is 2. The smallest absolute Gasteiger partial charge is 0.277 e. The minimum atomic E-state index is -4.63. The van der Waals surface area contributed by atoms with Crippen molar-refractivity contribution in [2.24, 2.45) is 5.92 Å². The zero-order valence-corrected chi connectivity index (χ0v) is 23.9. The van der Waals surface area contributed by atoms with Crippen LogP contribution in [0.4, 0.5) is 20.2 Å². The molecule has 2 aromatic carbocycles. The molecule has 0 bridgehead atoms. The summed E-state index contributed by atoms with van der Waals surface area (Å²) in [6, 6.07) is 9.16. The van der Waals surface area contributed by atoms with Crippen molar-refractivity contribution in [1.82, 2.24) is 15.2 Å². The van der Waals surface area contributed by atoms with Gasteiger partial charge in [-0.3, -0.25) is 14.6 Å². The van der Waals surface area contributed by atoms with Gasteiger partial charge in [-0.2, -0.15) is 0 Å². The highest BCUT2D eigenvalue weighted by atomic mass is 127. The molecule has 208 valence electrons. The van der Waals surface area contributed by atoms with E-state index in [2.05, 4.69) is 43.1 Å². The van der Waals surface area contributed by atoms with Crippen LogP contribution in [-0.4, -0.2) is 37.6 Å². The monoisotopic (exact) mass is 672 g/mol. The van der Waals surface area contributed by atoms with Crippen molar-refractivity contribution in [3.8, 4) is 0 Å². The number of rotatable bonds is 12. The van der Waals surface area contributed by atoms with Crippen molar-refractivity contribution in [3.05, 3.63) is 80.2 Å². The summed E-state index contributed by atoms with van der Waals surface area (Å²) in [5.74, 6) is -3.81. The average molecular weight is 672 g/mol. The van der Waals surface area contributed by atoms with Gasteiger partial charge in [0.25, 0.3) is 5.91 Å². The molecule has 3 aromatic rings. The first-order valence-electron chi connectivity index (χ1n) is 12.1. The van der Waals surface area contributed by atoms with Gasteiger partial charge in [0.2, 0.25) is 10.0 Å². The van der Waals surface area contributed by atoms with Gasteiger partial charge in [0.05, 0.1) is 17.9 Å². The van der Waals surface area contributed by atoms with Crippen LogP contribution in [0, 0.1) is 28.0 Å². The highest BCUT2D eigenvalue weighted by Gasteiger charge is 2.30. The third kappa shape index (κ3) is 7.28. The van der Waals surface area contributed by atoms with Crippen molar-refractivity contribution in [1.29, 1.82) is 0 Å². The lowest BCUT2D eigenvalue weighted by Crippen LogP contribution is -2.29. The number of pyridine rings is 1. The summed E-state index contributed by atoms with van der Waals surface area (Å²) in [5, 5.41) is 12.0. The first-order valence-corrected chi connectivity index (χ1v) is 14.7. The van der Waals surface area contributed by atoms with Gasteiger partial charge < -0.3 is 10.4 Å². The maximum Gasteiger partial charge on any atom is 0.277 e. The van der Waals surface area contributed by atoms with Gasteiger partial charge in [-0.05, 0) is 89.7 Å². The lowest BCUT2D eigenvalue weighted by molar-refractivity contribution is 0.0270. The third-order valence-electron chi connectivity index (χ3n) is 6.12. The Labute approximate surface area is 238 Å². The maximum atomic E-state index is 15.5. The van der Waals surface area contributed by atoms with Crippen molar-refractivity contribution in [3.63, 3.8) is 0 Å². The number of carbonyl (C=O) groups excluding carboxylic acids is 1. The molecular formula is C26H27F2IN4O5S. The minimum absolute atomic E-state index is 0.185. The second-order valence-electron chi connectivity index (χ2n) is 9.10. The topological polar surface area (TPSA) is 130 Å². The van der Waals surface area contributed by atoms with Crippen LogP contribution in [0.25, 0.3) is 0 Å². The number of nitrogens with zero attached hydrogens (tertiary/aromatic N) is 1. The van der Waals surface area contributed by atoms with Crippen LogP contribution < -0.4 is 15.5 Å². The fourth-order valence-corrected chi connectivity index (χ4v) is 5.53. The predicted octanol–water partition coefficient (Wildman–Crippen LogP) is 4.10. The summed E-state index contributed by atoms with van der Waals surface area (Å²) in [5.41, 5.74) is 3.24. The van der Waals surface area contributed by atoms with Gasteiger partial charge in [-0.25, -0.2) is 27.4 Å². The van der Waals surface area contributed by atoms with Crippen molar-refractivity contribution in [2.75, 3.05) is 18.5 Å². The highest BCUT2D eigenvalue weighted by Crippen LogP contribution is 2.33. The van der Waals surface area contributed by atoms with Gasteiger partial charge in [0.1, 0.15) is 4.90 Å². The Kier molecular flexibility index (Phi) is 9.48. The number of hydrogen-bond donors (Lipinski definition) is 4. The van der Waals surface area contributed by atoms with Crippen LogP contribution in [0.15, 0.2) is 47.5 Å². The summed E-state index contributed by atoms with van der Waals surface area (Å²) < 4.78 is 60.2. The minimum Gasteiger partial charge on any atom is -0.396 e. The molecule has 4 rings (SSSR count). The zero-order chi connectivity index (χ0) is 28.2. The molecule has 1 aromatic heterocycles. The molecule has 39 heavy (non-hydrogen) atoms. The van der Waals surface area contributed by atoms with Crippen LogP contribution in [-0.2, 0) is 27.8 Å². The van der Waals surface area contributed by atoms with Gasteiger partial charge in [0, 0.05) is 40.7 Å². The van der Waals surface area contributed by atoms with Gasteiger partial charge in [-0.15, -0.1) is 0 Å². The fourth-order valence-electron chi connectivity index (χ4n) is 3.78. The van der Waals surface area contributed by atoms with Crippen molar-refractivity contribution in [2.45, 2.75) is 37.6 Å². The summed E-state index contributed by atoms with van der Waals surface area (Å²) in [4.78, 5) is 21.3. The Morgan fingerprint density at radius 2 is 1.97 bits per heavy atom. The Hall–Kier alpha value is -2.72. The molecule has 0 atom stereocenters. The number of nitrogens with one attached hydrogen (secondary N) is 3. The largest absolute Gasteiger partial charge is 0.396 e. The van der Waals surface area contributed by atoms with Crippen LogP contribution in [0.3, 0.4) is 0 Å². The van der Waals surface area contributed by atoms with Crippen molar-refractivity contribution < 1.29 is 31.9 Å². The lowest BCUT2D eigenvalue weighted by atomic mass is 10.1. The van der Waals surface area contributed by atoms with E-state index < -0.39 is 43.7 Å². The van der Waals surface area contributed by atoms with Gasteiger partial charge in [0.15, 0.2) is 11.6 Å². The third-order valence-corrected chi connectivity index (χ3v) is 8.19. The Balaban J connectivity index is 1.69. The molecule has 1 aliphatic carbocycles. The van der Waals surface area contributed by atoms with E-state index in [-0.39, 0.29) is 26.2 Å². The predicted molar refractivity (Wildman–Crippen MR) is 149 cm³/mol. The second-order valence-corrected chi connectivity index (χ2v) is 12.1. The molecule has 0 unspecified atom stereocenters. The fraction of sp³-hybridized carbons (Fsp3) is 0.308. The Morgan fingerprint density at radius 3 is 2.67 bits per heavy atom. The van der Waals surface area contributed by atoms with Crippen molar-refractivity contribution >= 4 is 49.9 Å². The summed E-state index contributed by atoms with van der Waals surface area (Å²) >= 11 is 2.11. The molecule has 0 aliphatic heterocycles. The standard InChI is InChI=1S/C26H27F2IN4O5S/c1-15-11-18(29)6-7-20(15)32-25-19(26(35)33-38-14-16-4-5-16)12-22(23(27)24(25)28)39(36,37)31-13-17-3-2-9-30-21(17)8-10-34/h2-3,6-7,9,11-12,16,31-32,34H,4-5,8,10,13-14H2,1H3,(H,33,35). The van der Waals surface area contributed by atoms with E-state index in [1.807, 2.05) is 6.07 Å². The van der Waals surface area contributed by atoms with Gasteiger partial charge >= 0.3 is 0 Å². The Morgan fingerprint density at radius 1 is 1.21 bits per heavy atom. The van der Waals surface area contributed by atoms with Crippen LogP contribution >= 0.6 is 22.6 Å². The summed E-state index contributed by atoms with van der Waals surface area (Å²) in [7, 11) is -4.63. The Bertz CT molecular complexity index is 1490. The molecule has 0 spiro atoms.